The van der Waals surface area contributed by atoms with Crippen molar-refractivity contribution in [2.45, 2.75) is 72.1 Å². The van der Waals surface area contributed by atoms with Gasteiger partial charge in [-0.25, -0.2) is 9.97 Å². The fourth-order valence-electron chi connectivity index (χ4n) is 8.85. The number of aromatic nitrogens is 5. The smallest absolute Gasteiger partial charge is 0.656 e. The molecule has 0 N–H and O–H groups in total. The molecule has 0 bridgehead atoms. The Labute approximate surface area is 360 Å². The van der Waals surface area contributed by atoms with Crippen LogP contribution in [0.15, 0.2) is 134 Å². The molecule has 0 fully saturated rings. The Hall–Kier alpha value is -5.77. The van der Waals surface area contributed by atoms with Gasteiger partial charge in [-0.3, -0.25) is 4.57 Å². The van der Waals surface area contributed by atoms with Crippen molar-refractivity contribution >= 4 is 54.6 Å². The molecule has 59 heavy (non-hydrogen) atoms. The van der Waals surface area contributed by atoms with Gasteiger partial charge in [-0.2, -0.15) is 0 Å². The molecule has 0 aliphatic carbocycles. The summed E-state index contributed by atoms with van der Waals surface area (Å²) in [6.07, 6.45) is 1.95. The molecule has 0 aliphatic heterocycles. The number of nitrogens with zero attached hydrogens (tertiary/aromatic N) is 5. The summed E-state index contributed by atoms with van der Waals surface area (Å²) in [5, 5.41) is 4.65. The van der Waals surface area contributed by atoms with Crippen LogP contribution in [-0.2, 0) is 31.9 Å². The van der Waals surface area contributed by atoms with E-state index in [0.717, 1.165) is 83.3 Å². The third-order valence-electron chi connectivity index (χ3n) is 11.8. The summed E-state index contributed by atoms with van der Waals surface area (Å²) in [5.41, 5.74) is 14.0. The molecule has 6 aromatic carbocycles. The molecule has 0 aliphatic rings. The predicted octanol–water partition coefficient (Wildman–Crippen LogP) is 13.6. The van der Waals surface area contributed by atoms with E-state index in [0.29, 0.717) is 5.92 Å². The SMILES string of the molecule is CC(C)c1ccnc(-n2c3[c-]c(-c4cccc5c4nc(-c4cccc6c4[n-]c4ccccc46)n5-c4ccccc4)ccc3c3cc(C(C)(C)C)c(C(C)(C)C)cc32)c1.[Pt+2]. The fraction of sp³-hybridized carbons (Fsp3) is 0.208. The molecule has 10 aromatic rings. The third kappa shape index (κ3) is 6.33. The van der Waals surface area contributed by atoms with Crippen LogP contribution < -0.4 is 4.98 Å². The Morgan fingerprint density at radius 1 is 0.610 bits per heavy atom. The first kappa shape index (κ1) is 38.7. The molecule has 0 radical (unpaired) electrons. The Morgan fingerprint density at radius 3 is 2.07 bits per heavy atom. The molecule has 0 amide bonds. The Bertz CT molecular complexity index is 3220. The molecule has 0 saturated carbocycles. The monoisotopic (exact) mass is 948 g/mol. The average Bonchev–Trinajstić information content (AvgIpc) is 3.89. The molecular weight excluding hydrogens is 902 g/mol. The minimum Gasteiger partial charge on any atom is -0.656 e. The zero-order valence-electron chi connectivity index (χ0n) is 34.8. The Balaban J connectivity index is 0.00000449. The second-order valence-electron chi connectivity index (χ2n) is 18.1. The zero-order chi connectivity index (χ0) is 40.1. The molecule has 0 saturated heterocycles. The van der Waals surface area contributed by atoms with Gasteiger partial charge in [0.15, 0.2) is 0 Å². The summed E-state index contributed by atoms with van der Waals surface area (Å²) in [6, 6.07) is 49.6. The molecule has 294 valence electrons. The molecule has 4 heterocycles. The van der Waals surface area contributed by atoms with Crippen molar-refractivity contribution in [1.82, 2.24) is 24.1 Å². The van der Waals surface area contributed by atoms with Crippen LogP contribution in [0.5, 0.6) is 0 Å². The van der Waals surface area contributed by atoms with Crippen LogP contribution >= 0.6 is 0 Å². The topological polar surface area (TPSA) is 49.7 Å². The number of hydrogen-bond acceptors (Lipinski definition) is 2. The quantitative estimate of drug-likeness (QED) is 0.162. The van der Waals surface area contributed by atoms with E-state index in [2.05, 4.69) is 198 Å². The van der Waals surface area contributed by atoms with Crippen molar-refractivity contribution in [3.05, 3.63) is 156 Å². The first-order valence-corrected chi connectivity index (χ1v) is 20.4. The summed E-state index contributed by atoms with van der Waals surface area (Å²) >= 11 is 0. The Kier molecular flexibility index (Phi) is 9.33. The maximum absolute atomic E-state index is 5.55. The van der Waals surface area contributed by atoms with E-state index in [1.54, 1.807) is 0 Å². The van der Waals surface area contributed by atoms with Crippen LogP contribution in [0.25, 0.3) is 88.7 Å². The summed E-state index contributed by atoms with van der Waals surface area (Å²) in [6.45, 7) is 18.4. The zero-order valence-corrected chi connectivity index (χ0v) is 37.1. The number of hydrogen-bond donors (Lipinski definition) is 0. The molecule has 5 nitrogen and oxygen atoms in total. The maximum atomic E-state index is 5.55. The fourth-order valence-corrected chi connectivity index (χ4v) is 8.85. The van der Waals surface area contributed by atoms with Gasteiger partial charge in [-0.15, -0.1) is 34.8 Å². The largest absolute Gasteiger partial charge is 2.00 e. The van der Waals surface area contributed by atoms with Crippen molar-refractivity contribution in [2.24, 2.45) is 0 Å². The standard InChI is InChI=1S/C53H47N5.Pt/c1-32(2)33-26-27-54-48(29-33)58-46-28-34(24-25-38(46)41-30-42(52(3,4)5)43(31-47(41)58)53(6,7)8)36-19-15-23-45-50(36)56-51(57(45)35-16-10-9-11-17-35)40-21-14-20-39-37-18-12-13-22-44(37)55-49(39)40;/h9-27,29-32H,1-8H3;/q-2;+2. The van der Waals surface area contributed by atoms with Gasteiger partial charge in [0.2, 0.25) is 0 Å². The Morgan fingerprint density at radius 2 is 1.31 bits per heavy atom. The van der Waals surface area contributed by atoms with E-state index in [1.807, 2.05) is 6.20 Å². The van der Waals surface area contributed by atoms with E-state index in [9.17, 15) is 0 Å². The number of imidazole rings is 1. The molecule has 6 heteroatoms. The maximum Gasteiger partial charge on any atom is 2.00 e. The molecule has 4 aromatic heterocycles. The van der Waals surface area contributed by atoms with Gasteiger partial charge in [0.1, 0.15) is 11.6 Å². The van der Waals surface area contributed by atoms with Crippen molar-refractivity contribution in [1.29, 1.82) is 0 Å². The summed E-state index contributed by atoms with van der Waals surface area (Å²) < 4.78 is 4.62. The normalized spacial score (nSPS) is 12.4. The van der Waals surface area contributed by atoms with Crippen LogP contribution in [0.2, 0.25) is 0 Å². The third-order valence-corrected chi connectivity index (χ3v) is 11.8. The molecule has 0 atom stereocenters. The van der Waals surface area contributed by atoms with Crippen molar-refractivity contribution < 1.29 is 21.1 Å². The van der Waals surface area contributed by atoms with Gasteiger partial charge < -0.3 is 9.55 Å². The van der Waals surface area contributed by atoms with E-state index in [-0.39, 0.29) is 31.9 Å². The summed E-state index contributed by atoms with van der Waals surface area (Å²) in [4.78, 5) is 15.7. The van der Waals surface area contributed by atoms with Crippen molar-refractivity contribution in [2.75, 3.05) is 0 Å². The van der Waals surface area contributed by atoms with Gasteiger partial charge in [0.05, 0.1) is 11.0 Å². The second-order valence-corrected chi connectivity index (χ2v) is 18.1. The number of para-hydroxylation sites is 4. The van der Waals surface area contributed by atoms with Crippen molar-refractivity contribution in [3.63, 3.8) is 0 Å². The van der Waals surface area contributed by atoms with E-state index < -0.39 is 0 Å². The predicted molar refractivity (Wildman–Crippen MR) is 243 cm³/mol. The summed E-state index contributed by atoms with van der Waals surface area (Å²) in [7, 11) is 0. The van der Waals surface area contributed by atoms with Crippen LogP contribution in [0, 0.1) is 6.07 Å². The van der Waals surface area contributed by atoms with E-state index >= 15 is 0 Å². The molecular formula is C53H47N5Pt. The second kappa shape index (κ2) is 14.2. The number of benzene rings is 6. The molecule has 10 rings (SSSR count). The van der Waals surface area contributed by atoms with E-state index in [1.165, 1.54) is 22.1 Å². The van der Waals surface area contributed by atoms with Gasteiger partial charge >= 0.3 is 21.1 Å². The number of pyridine rings is 1. The van der Waals surface area contributed by atoms with E-state index in [4.69, 9.17) is 15.0 Å². The van der Waals surface area contributed by atoms with Gasteiger partial charge in [-0.05, 0) is 91.5 Å². The van der Waals surface area contributed by atoms with Crippen LogP contribution in [0.1, 0.15) is 78.0 Å². The van der Waals surface area contributed by atoms with Crippen molar-refractivity contribution in [3.8, 4) is 34.0 Å². The van der Waals surface area contributed by atoms with Crippen LogP contribution in [0.3, 0.4) is 0 Å². The molecule has 0 unspecified atom stereocenters. The average molecular weight is 949 g/mol. The number of fused-ring (bicyclic) bond motifs is 7. The molecule has 0 spiro atoms. The van der Waals surface area contributed by atoms with Crippen LogP contribution in [-0.4, -0.2) is 19.1 Å². The van der Waals surface area contributed by atoms with Crippen LogP contribution in [0.4, 0.5) is 0 Å². The van der Waals surface area contributed by atoms with Gasteiger partial charge in [0.25, 0.3) is 0 Å². The van der Waals surface area contributed by atoms with Gasteiger partial charge in [-0.1, -0.05) is 145 Å². The van der Waals surface area contributed by atoms with Gasteiger partial charge in [0, 0.05) is 23.0 Å². The minimum absolute atomic E-state index is 0. The minimum atomic E-state index is -0.0555. The summed E-state index contributed by atoms with van der Waals surface area (Å²) in [5.74, 6) is 2.13. The first-order valence-electron chi connectivity index (χ1n) is 20.4. The first-order chi connectivity index (χ1) is 27.9. The number of rotatable bonds is 5.